The van der Waals surface area contributed by atoms with E-state index in [-0.39, 0.29) is 24.0 Å². The molecule has 3 heterocycles. The third-order valence-electron chi connectivity index (χ3n) is 4.60. The van der Waals surface area contributed by atoms with Crippen LogP contribution < -0.4 is 11.1 Å². The number of nitrogens with one attached hydrogen (secondary N) is 1. The molecular formula is C19H28IN5S. The molecule has 3 N–H and O–H groups in total. The second-order valence-electron chi connectivity index (χ2n) is 6.52. The van der Waals surface area contributed by atoms with Crippen LogP contribution in [0, 0.1) is 5.92 Å². The van der Waals surface area contributed by atoms with E-state index in [1.165, 1.54) is 17.7 Å². The molecule has 0 saturated carbocycles. The molecule has 1 aliphatic rings. The van der Waals surface area contributed by atoms with Gasteiger partial charge in [0.2, 0.25) is 0 Å². The monoisotopic (exact) mass is 485 g/mol. The van der Waals surface area contributed by atoms with Crippen LogP contribution >= 0.6 is 35.3 Å². The topological polar surface area (TPSA) is 66.5 Å². The average Bonchev–Trinajstić information content (AvgIpc) is 3.15. The molecule has 7 heteroatoms. The predicted molar refractivity (Wildman–Crippen MR) is 120 cm³/mol. The first-order valence-corrected chi connectivity index (χ1v) is 9.86. The van der Waals surface area contributed by atoms with Crippen LogP contribution in [0.4, 0.5) is 0 Å². The molecule has 0 aromatic carbocycles. The lowest BCUT2D eigenvalue weighted by molar-refractivity contribution is 0.182. The number of hydrogen-bond acceptors (Lipinski definition) is 4. The Bertz CT molecular complexity index is 639. The van der Waals surface area contributed by atoms with Gasteiger partial charge in [-0.25, -0.2) is 0 Å². The van der Waals surface area contributed by atoms with Crippen molar-refractivity contribution in [2.24, 2.45) is 16.6 Å². The number of likely N-dealkylation sites (tertiary alicyclic amines) is 1. The number of aliphatic imine (C=N–C) groups is 1. The van der Waals surface area contributed by atoms with Crippen molar-refractivity contribution in [2.45, 2.75) is 25.8 Å². The lowest BCUT2D eigenvalue weighted by Gasteiger charge is -2.30. The zero-order chi connectivity index (χ0) is 17.3. The smallest absolute Gasteiger partial charge is 0.188 e. The molecule has 0 unspecified atom stereocenters. The lowest BCUT2D eigenvalue weighted by Crippen LogP contribution is -2.36. The number of rotatable bonds is 7. The molecule has 5 nitrogen and oxygen atoms in total. The summed E-state index contributed by atoms with van der Waals surface area (Å²) in [6.45, 7) is 5.00. The van der Waals surface area contributed by atoms with Crippen LogP contribution in [0.25, 0.3) is 0 Å². The van der Waals surface area contributed by atoms with Gasteiger partial charge in [-0.2, -0.15) is 0 Å². The van der Waals surface area contributed by atoms with Crippen molar-refractivity contribution in [3.63, 3.8) is 0 Å². The molecule has 1 aliphatic heterocycles. The fourth-order valence-electron chi connectivity index (χ4n) is 3.10. The van der Waals surface area contributed by atoms with Crippen LogP contribution in [0.3, 0.4) is 0 Å². The summed E-state index contributed by atoms with van der Waals surface area (Å²) in [5.41, 5.74) is 7.05. The van der Waals surface area contributed by atoms with E-state index in [1.54, 1.807) is 0 Å². The Balaban J connectivity index is 0.00000243. The van der Waals surface area contributed by atoms with Crippen LogP contribution in [0.2, 0.25) is 0 Å². The first kappa shape index (κ1) is 21.1. The highest BCUT2D eigenvalue weighted by Gasteiger charge is 2.19. The summed E-state index contributed by atoms with van der Waals surface area (Å²) in [7, 11) is 0. The molecule has 2 aromatic heterocycles. The maximum absolute atomic E-state index is 5.98. The van der Waals surface area contributed by atoms with Crippen molar-refractivity contribution >= 4 is 41.3 Å². The van der Waals surface area contributed by atoms with E-state index >= 15 is 0 Å². The van der Waals surface area contributed by atoms with Crippen molar-refractivity contribution < 1.29 is 0 Å². The predicted octanol–water partition coefficient (Wildman–Crippen LogP) is 3.12. The SMILES string of the molecule is I.NC(=NCC1CCN(Cc2cccs2)CC1)NCCc1ccccn1. The second-order valence-corrected chi connectivity index (χ2v) is 7.55. The minimum atomic E-state index is 0. The molecule has 26 heavy (non-hydrogen) atoms. The quantitative estimate of drug-likeness (QED) is 0.360. The van der Waals surface area contributed by atoms with E-state index in [0.29, 0.717) is 11.9 Å². The van der Waals surface area contributed by atoms with E-state index < -0.39 is 0 Å². The third kappa shape index (κ3) is 7.20. The Hall–Kier alpha value is -1.19. The van der Waals surface area contributed by atoms with Gasteiger partial charge in [0.15, 0.2) is 5.96 Å². The Morgan fingerprint density at radius 2 is 2.12 bits per heavy atom. The molecule has 0 atom stereocenters. The zero-order valence-corrected chi connectivity index (χ0v) is 18.2. The third-order valence-corrected chi connectivity index (χ3v) is 5.46. The number of halogens is 1. The van der Waals surface area contributed by atoms with E-state index in [1.807, 2.05) is 35.7 Å². The maximum atomic E-state index is 5.98. The molecule has 0 radical (unpaired) electrons. The van der Waals surface area contributed by atoms with Crippen molar-refractivity contribution in [3.05, 3.63) is 52.5 Å². The van der Waals surface area contributed by atoms with Gasteiger partial charge in [-0.3, -0.25) is 14.9 Å². The molecular weight excluding hydrogens is 457 g/mol. The van der Waals surface area contributed by atoms with Crippen LogP contribution in [-0.2, 0) is 13.0 Å². The number of guanidine groups is 1. The molecule has 0 aliphatic carbocycles. The molecule has 0 spiro atoms. The van der Waals surface area contributed by atoms with Gasteiger partial charge >= 0.3 is 0 Å². The summed E-state index contributed by atoms with van der Waals surface area (Å²) in [4.78, 5) is 12.8. The number of pyridine rings is 1. The van der Waals surface area contributed by atoms with Crippen molar-refractivity contribution in [1.29, 1.82) is 0 Å². The first-order chi connectivity index (χ1) is 12.3. The van der Waals surface area contributed by atoms with Gasteiger partial charge in [0.25, 0.3) is 0 Å². The Morgan fingerprint density at radius 1 is 1.27 bits per heavy atom. The molecule has 2 aromatic rings. The molecule has 142 valence electrons. The van der Waals surface area contributed by atoms with Gasteiger partial charge in [0, 0.05) is 42.8 Å². The normalized spacial score (nSPS) is 16.2. The number of thiophene rings is 1. The lowest BCUT2D eigenvalue weighted by atomic mass is 9.97. The van der Waals surface area contributed by atoms with E-state index in [0.717, 1.165) is 44.8 Å². The summed E-state index contributed by atoms with van der Waals surface area (Å²) in [5.74, 6) is 1.20. The van der Waals surface area contributed by atoms with Gasteiger partial charge in [0.1, 0.15) is 0 Å². The van der Waals surface area contributed by atoms with E-state index in [9.17, 15) is 0 Å². The number of nitrogens with two attached hydrogens (primary N) is 1. The summed E-state index contributed by atoms with van der Waals surface area (Å²) in [5, 5.41) is 5.34. The molecule has 1 saturated heterocycles. The van der Waals surface area contributed by atoms with Gasteiger partial charge in [-0.05, 0) is 55.4 Å². The average molecular weight is 485 g/mol. The summed E-state index contributed by atoms with van der Waals surface area (Å²) >= 11 is 1.84. The minimum absolute atomic E-state index is 0. The van der Waals surface area contributed by atoms with Gasteiger partial charge < -0.3 is 11.1 Å². The van der Waals surface area contributed by atoms with Crippen LogP contribution in [0.5, 0.6) is 0 Å². The molecule has 0 bridgehead atoms. The van der Waals surface area contributed by atoms with Gasteiger partial charge in [-0.1, -0.05) is 12.1 Å². The standard InChI is InChI=1S/C19H27N5S.HI/c20-19(22-10-6-17-4-1-2-9-21-17)23-14-16-7-11-24(12-8-16)15-18-5-3-13-25-18;/h1-5,9,13,16H,6-8,10-12,14-15H2,(H3,20,22,23);1H. The highest BCUT2D eigenvalue weighted by molar-refractivity contribution is 14.0. The zero-order valence-electron chi connectivity index (χ0n) is 15.0. The summed E-state index contributed by atoms with van der Waals surface area (Å²) < 4.78 is 0. The van der Waals surface area contributed by atoms with Gasteiger partial charge in [-0.15, -0.1) is 35.3 Å². The first-order valence-electron chi connectivity index (χ1n) is 8.98. The molecule has 0 amide bonds. The highest BCUT2D eigenvalue weighted by atomic mass is 127. The number of hydrogen-bond donors (Lipinski definition) is 2. The number of aromatic nitrogens is 1. The van der Waals surface area contributed by atoms with Crippen molar-refractivity contribution in [1.82, 2.24) is 15.2 Å². The second kappa shape index (κ2) is 11.5. The molecule has 3 rings (SSSR count). The van der Waals surface area contributed by atoms with Crippen LogP contribution in [0.1, 0.15) is 23.4 Å². The Kier molecular flexibility index (Phi) is 9.35. The van der Waals surface area contributed by atoms with Crippen LogP contribution in [0.15, 0.2) is 46.9 Å². The van der Waals surface area contributed by atoms with Crippen LogP contribution in [-0.4, -0.2) is 42.0 Å². The Morgan fingerprint density at radius 3 is 2.81 bits per heavy atom. The summed E-state index contributed by atoms with van der Waals surface area (Å²) in [6, 6.07) is 10.3. The number of piperidine rings is 1. The van der Waals surface area contributed by atoms with Crippen molar-refractivity contribution in [2.75, 3.05) is 26.2 Å². The molecule has 1 fully saturated rings. The Labute approximate surface area is 177 Å². The fourth-order valence-corrected chi connectivity index (χ4v) is 3.84. The minimum Gasteiger partial charge on any atom is -0.370 e. The van der Waals surface area contributed by atoms with Gasteiger partial charge in [0.05, 0.1) is 0 Å². The highest BCUT2D eigenvalue weighted by Crippen LogP contribution is 2.20. The maximum Gasteiger partial charge on any atom is 0.188 e. The largest absolute Gasteiger partial charge is 0.370 e. The van der Waals surface area contributed by atoms with Crippen molar-refractivity contribution in [3.8, 4) is 0 Å². The van der Waals surface area contributed by atoms with E-state index in [2.05, 4.69) is 37.7 Å². The number of nitrogens with zero attached hydrogens (tertiary/aromatic N) is 3. The van der Waals surface area contributed by atoms with E-state index in [4.69, 9.17) is 5.73 Å². The summed E-state index contributed by atoms with van der Waals surface area (Å²) in [6.07, 6.45) is 5.09. The fraction of sp³-hybridized carbons (Fsp3) is 0.474.